The topological polar surface area (TPSA) is 86.8 Å². The normalized spacial score (nSPS) is 12.8. The molecule has 0 aliphatic rings. The summed E-state index contributed by atoms with van der Waals surface area (Å²) < 4.78 is 26.7. The Labute approximate surface area is 247 Å². The molecule has 1 N–H and O–H groups in total. The third kappa shape index (κ3) is 8.46. The zero-order valence-electron chi connectivity index (χ0n) is 23.1. The van der Waals surface area contributed by atoms with Gasteiger partial charge in [0.1, 0.15) is 12.6 Å². The maximum atomic E-state index is 14.1. The van der Waals surface area contributed by atoms with Crippen molar-refractivity contribution in [3.05, 3.63) is 99.5 Å². The van der Waals surface area contributed by atoms with Crippen LogP contribution in [0, 0.1) is 6.92 Å². The SMILES string of the molecule is CC[C@@H](C)NC(=O)[C@@H](Cc1ccccc1)N(Cc1ccc(C)cc1)C(=O)CN(c1cccc(Cl)c1Cl)S(C)(=O)=O. The molecular weight excluding hydrogens is 569 g/mol. The minimum atomic E-state index is -3.95. The highest BCUT2D eigenvalue weighted by Gasteiger charge is 2.34. The fourth-order valence-corrected chi connectivity index (χ4v) is 5.47. The summed E-state index contributed by atoms with van der Waals surface area (Å²) >= 11 is 12.5. The van der Waals surface area contributed by atoms with E-state index in [4.69, 9.17) is 23.2 Å². The molecule has 40 heavy (non-hydrogen) atoms. The van der Waals surface area contributed by atoms with Crippen LogP contribution in [0.3, 0.4) is 0 Å². The highest BCUT2D eigenvalue weighted by Crippen LogP contribution is 2.34. The van der Waals surface area contributed by atoms with Crippen LogP contribution in [-0.2, 0) is 32.6 Å². The van der Waals surface area contributed by atoms with Crippen LogP contribution in [-0.4, -0.2) is 50.0 Å². The van der Waals surface area contributed by atoms with E-state index in [9.17, 15) is 18.0 Å². The van der Waals surface area contributed by atoms with E-state index < -0.39 is 28.5 Å². The van der Waals surface area contributed by atoms with Crippen molar-refractivity contribution < 1.29 is 18.0 Å². The minimum absolute atomic E-state index is 0.0165. The number of sulfonamides is 1. The molecule has 0 aliphatic carbocycles. The third-order valence-corrected chi connectivity index (χ3v) is 8.56. The fourth-order valence-electron chi connectivity index (χ4n) is 4.17. The lowest BCUT2D eigenvalue weighted by atomic mass is 10.0. The number of nitrogens with one attached hydrogen (secondary N) is 1. The predicted octanol–water partition coefficient (Wildman–Crippen LogP) is 5.62. The Morgan fingerprint density at radius 1 is 0.925 bits per heavy atom. The van der Waals surface area contributed by atoms with E-state index in [1.807, 2.05) is 75.4 Å². The molecule has 0 aromatic heterocycles. The fraction of sp³-hybridized carbons (Fsp3) is 0.333. The molecule has 0 heterocycles. The van der Waals surface area contributed by atoms with Gasteiger partial charge in [-0.1, -0.05) is 96.4 Å². The quantitative estimate of drug-likeness (QED) is 0.291. The number of hydrogen-bond donors (Lipinski definition) is 1. The Morgan fingerprint density at radius 2 is 1.57 bits per heavy atom. The Hall–Kier alpha value is -3.07. The molecule has 0 fully saturated rings. The molecule has 10 heteroatoms. The lowest BCUT2D eigenvalue weighted by Crippen LogP contribution is -2.54. The molecule has 7 nitrogen and oxygen atoms in total. The first-order valence-electron chi connectivity index (χ1n) is 13.0. The van der Waals surface area contributed by atoms with E-state index in [0.29, 0.717) is 6.42 Å². The maximum absolute atomic E-state index is 14.1. The van der Waals surface area contributed by atoms with Crippen LogP contribution in [0.2, 0.25) is 10.0 Å². The van der Waals surface area contributed by atoms with E-state index >= 15 is 0 Å². The van der Waals surface area contributed by atoms with Gasteiger partial charge in [0.2, 0.25) is 21.8 Å². The summed E-state index contributed by atoms with van der Waals surface area (Å²) in [4.78, 5) is 29.2. The Balaban J connectivity index is 2.08. The molecule has 0 unspecified atom stereocenters. The molecule has 3 rings (SSSR count). The average molecular weight is 605 g/mol. The number of carbonyl (C=O) groups is 2. The zero-order chi connectivity index (χ0) is 29.4. The number of carbonyl (C=O) groups excluding carboxylic acids is 2. The summed E-state index contributed by atoms with van der Waals surface area (Å²) in [6.45, 7) is 5.36. The van der Waals surface area contributed by atoms with E-state index in [0.717, 1.165) is 27.3 Å². The molecular formula is C30H35Cl2N3O4S. The second kappa shape index (κ2) is 14.0. The molecule has 2 atom stereocenters. The Morgan fingerprint density at radius 3 is 2.17 bits per heavy atom. The molecule has 0 saturated heterocycles. The van der Waals surface area contributed by atoms with Crippen molar-refractivity contribution in [2.45, 2.75) is 52.2 Å². The van der Waals surface area contributed by atoms with Crippen LogP contribution in [0.25, 0.3) is 0 Å². The summed E-state index contributed by atoms with van der Waals surface area (Å²) in [5.41, 5.74) is 2.81. The number of nitrogens with zero attached hydrogens (tertiary/aromatic N) is 2. The van der Waals surface area contributed by atoms with Crippen molar-refractivity contribution in [3.8, 4) is 0 Å². The van der Waals surface area contributed by atoms with E-state index in [1.54, 1.807) is 6.07 Å². The summed E-state index contributed by atoms with van der Waals surface area (Å²) in [5, 5.41) is 3.18. The van der Waals surface area contributed by atoms with Crippen molar-refractivity contribution in [2.75, 3.05) is 17.1 Å². The second-order valence-electron chi connectivity index (χ2n) is 9.87. The number of aryl methyl sites for hydroxylation is 1. The maximum Gasteiger partial charge on any atom is 0.244 e. The summed E-state index contributed by atoms with van der Waals surface area (Å²) in [5.74, 6) is -0.868. The lowest BCUT2D eigenvalue weighted by Gasteiger charge is -2.34. The monoisotopic (exact) mass is 603 g/mol. The molecule has 0 saturated carbocycles. The van der Waals surface area contributed by atoms with Crippen LogP contribution in [0.4, 0.5) is 5.69 Å². The smallest absolute Gasteiger partial charge is 0.244 e. The molecule has 0 radical (unpaired) electrons. The van der Waals surface area contributed by atoms with Crippen molar-refractivity contribution in [2.24, 2.45) is 0 Å². The van der Waals surface area contributed by atoms with Gasteiger partial charge in [-0.25, -0.2) is 8.42 Å². The van der Waals surface area contributed by atoms with Crippen molar-refractivity contribution in [1.29, 1.82) is 0 Å². The van der Waals surface area contributed by atoms with Crippen LogP contribution < -0.4 is 9.62 Å². The number of rotatable bonds is 12. The number of hydrogen-bond acceptors (Lipinski definition) is 4. The van der Waals surface area contributed by atoms with Gasteiger partial charge in [0, 0.05) is 19.0 Å². The highest BCUT2D eigenvalue weighted by atomic mass is 35.5. The van der Waals surface area contributed by atoms with Crippen molar-refractivity contribution in [1.82, 2.24) is 10.2 Å². The first kappa shape index (κ1) is 31.5. The lowest BCUT2D eigenvalue weighted by molar-refractivity contribution is -0.140. The van der Waals surface area contributed by atoms with E-state index in [1.165, 1.54) is 17.0 Å². The first-order chi connectivity index (χ1) is 18.9. The summed E-state index contributed by atoms with van der Waals surface area (Å²) in [7, 11) is -3.95. The number of halogens is 2. The van der Waals surface area contributed by atoms with Gasteiger partial charge in [0.05, 0.1) is 22.0 Å². The van der Waals surface area contributed by atoms with Crippen LogP contribution >= 0.6 is 23.2 Å². The summed E-state index contributed by atoms with van der Waals surface area (Å²) in [6.07, 6.45) is 1.96. The van der Waals surface area contributed by atoms with Crippen LogP contribution in [0.5, 0.6) is 0 Å². The first-order valence-corrected chi connectivity index (χ1v) is 15.6. The Kier molecular flexibility index (Phi) is 11.0. The molecule has 2 amide bonds. The number of benzene rings is 3. The molecule has 214 valence electrons. The van der Waals surface area contributed by atoms with Gasteiger partial charge in [-0.05, 0) is 43.5 Å². The Bertz CT molecular complexity index is 1420. The van der Waals surface area contributed by atoms with Gasteiger partial charge in [-0.3, -0.25) is 13.9 Å². The van der Waals surface area contributed by atoms with Gasteiger partial charge >= 0.3 is 0 Å². The van der Waals surface area contributed by atoms with E-state index in [2.05, 4.69) is 5.32 Å². The number of anilines is 1. The predicted molar refractivity (Wildman–Crippen MR) is 162 cm³/mol. The molecule has 0 bridgehead atoms. The summed E-state index contributed by atoms with van der Waals surface area (Å²) in [6, 6.07) is 20.6. The van der Waals surface area contributed by atoms with Gasteiger partial charge in [-0.2, -0.15) is 0 Å². The van der Waals surface area contributed by atoms with Crippen molar-refractivity contribution >= 4 is 50.7 Å². The van der Waals surface area contributed by atoms with Crippen molar-refractivity contribution in [3.63, 3.8) is 0 Å². The minimum Gasteiger partial charge on any atom is -0.352 e. The molecule has 3 aromatic carbocycles. The van der Waals surface area contributed by atoms with Gasteiger partial charge in [0.25, 0.3) is 0 Å². The third-order valence-electron chi connectivity index (χ3n) is 6.62. The standard InChI is InChI=1S/C30H35Cl2N3O4S/c1-5-22(3)33-30(37)27(18-23-10-7-6-8-11-23)34(19-24-16-14-21(2)15-17-24)28(36)20-35(40(4,38)39)26-13-9-12-25(31)29(26)32/h6-17,22,27H,5,18-20H2,1-4H3,(H,33,37)/t22-,27-/m1/s1. The molecule has 0 spiro atoms. The average Bonchev–Trinajstić information content (AvgIpc) is 2.91. The second-order valence-corrected chi connectivity index (χ2v) is 12.6. The van der Waals surface area contributed by atoms with Gasteiger partial charge in [-0.15, -0.1) is 0 Å². The zero-order valence-corrected chi connectivity index (χ0v) is 25.4. The highest BCUT2D eigenvalue weighted by molar-refractivity contribution is 7.92. The van der Waals surface area contributed by atoms with Gasteiger partial charge < -0.3 is 10.2 Å². The van der Waals surface area contributed by atoms with Crippen LogP contribution in [0.1, 0.15) is 37.0 Å². The molecule has 0 aliphatic heterocycles. The largest absolute Gasteiger partial charge is 0.352 e. The van der Waals surface area contributed by atoms with Gasteiger partial charge in [0.15, 0.2) is 0 Å². The van der Waals surface area contributed by atoms with Crippen LogP contribution in [0.15, 0.2) is 72.8 Å². The number of amides is 2. The molecule has 3 aromatic rings. The van der Waals surface area contributed by atoms with E-state index in [-0.39, 0.29) is 40.6 Å².